The molecule has 1 heterocycles. The van der Waals surface area contributed by atoms with Crippen LogP contribution in [0, 0.1) is 0 Å². The summed E-state index contributed by atoms with van der Waals surface area (Å²) in [5, 5.41) is 6.13. The molecule has 0 spiro atoms. The molecule has 0 bridgehead atoms. The summed E-state index contributed by atoms with van der Waals surface area (Å²) < 4.78 is 22.0. The van der Waals surface area contributed by atoms with Crippen LogP contribution in [0.25, 0.3) is 11.1 Å². The maximum Gasteiger partial charge on any atom is 0.279 e. The first-order valence-corrected chi connectivity index (χ1v) is 14.7. The molecule has 0 aliphatic carbocycles. The number of ether oxygens (including phenoxy) is 1. The number of carbonyl (C=O) groups is 3. The molecule has 41 heavy (non-hydrogen) atoms. The number of anilines is 2. The largest absolute Gasteiger partial charge is 0.375 e. The molecule has 1 atom stereocenters. The summed E-state index contributed by atoms with van der Waals surface area (Å²) in [7, 11) is -1.70. The number of benzene rings is 3. The highest BCUT2D eigenvalue weighted by Gasteiger charge is 2.18. The molecule has 1 unspecified atom stereocenters. The normalized spacial score (nSPS) is 12.2. The second-order valence-corrected chi connectivity index (χ2v) is 11.9. The van der Waals surface area contributed by atoms with E-state index >= 15 is 0 Å². The monoisotopic (exact) mass is 610 g/mol. The number of halogens is 2. The molecule has 3 amide bonds. The van der Waals surface area contributed by atoms with Gasteiger partial charge in [0.15, 0.2) is 0 Å². The van der Waals surface area contributed by atoms with Crippen molar-refractivity contribution in [3.05, 3.63) is 106 Å². The van der Waals surface area contributed by atoms with Gasteiger partial charge in [-0.1, -0.05) is 53.5 Å². The van der Waals surface area contributed by atoms with E-state index in [0.717, 1.165) is 0 Å². The molecule has 0 radical (unpaired) electrons. The summed E-state index contributed by atoms with van der Waals surface area (Å²) in [5.74, 6) is -1.34. The Labute approximate surface area is 247 Å². The van der Waals surface area contributed by atoms with Gasteiger partial charge in [0.25, 0.3) is 17.7 Å². The van der Waals surface area contributed by atoms with E-state index in [1.54, 1.807) is 66.7 Å². The van der Waals surface area contributed by atoms with Crippen LogP contribution in [0.2, 0.25) is 10.0 Å². The zero-order valence-corrected chi connectivity index (χ0v) is 24.2. The minimum absolute atomic E-state index is 0.137. The number of carbonyl (C=O) groups excluding carboxylic acids is 3. The first-order valence-electron chi connectivity index (χ1n) is 12.0. The van der Waals surface area contributed by atoms with Crippen LogP contribution >= 0.6 is 23.2 Å². The Kier molecular flexibility index (Phi) is 9.51. The van der Waals surface area contributed by atoms with Crippen LogP contribution in [0.4, 0.5) is 11.5 Å². The van der Waals surface area contributed by atoms with Crippen LogP contribution in [-0.4, -0.2) is 46.9 Å². The molecule has 210 valence electrons. The first kappa shape index (κ1) is 29.9. The van der Waals surface area contributed by atoms with E-state index in [4.69, 9.17) is 27.9 Å². The highest BCUT2D eigenvalue weighted by molar-refractivity contribution is 7.93. The number of hydrogen-bond acceptors (Lipinski definition) is 6. The Bertz CT molecular complexity index is 1740. The van der Waals surface area contributed by atoms with Crippen LogP contribution < -0.4 is 10.6 Å². The summed E-state index contributed by atoms with van der Waals surface area (Å²) in [5.41, 5.74) is 1.96. The number of methoxy groups -OCH3 is 1. The predicted molar refractivity (Wildman–Crippen MR) is 160 cm³/mol. The van der Waals surface area contributed by atoms with Gasteiger partial charge in [0.05, 0.1) is 30.9 Å². The fourth-order valence-corrected chi connectivity index (χ4v) is 5.62. The molecular formula is C29H24Cl2N4O5S. The Morgan fingerprint density at radius 2 is 1.61 bits per heavy atom. The maximum atomic E-state index is 13.3. The standard InChI is InChI=1S/C29H24Cl2N4O5S/c1-40-17-27(36)35-41(2,39)25-6-4-3-5-22(25)18-7-9-19(10-8-18)28(37)33-24-13-11-20(30)15-23(24)29(38)34-26-14-12-21(31)16-32-26/h3-16H,17H2,1-2H3,(H,33,37)(H,32,34,38). The molecule has 0 fully saturated rings. The van der Waals surface area contributed by atoms with Gasteiger partial charge in [0.1, 0.15) is 12.4 Å². The van der Waals surface area contributed by atoms with Crippen molar-refractivity contribution in [2.75, 3.05) is 30.6 Å². The second kappa shape index (κ2) is 13.0. The molecule has 4 aromatic rings. The summed E-state index contributed by atoms with van der Waals surface area (Å²) in [6, 6.07) is 21.1. The number of nitrogens with one attached hydrogen (secondary N) is 2. The zero-order chi connectivity index (χ0) is 29.6. The van der Waals surface area contributed by atoms with E-state index in [2.05, 4.69) is 20.0 Å². The van der Waals surface area contributed by atoms with E-state index in [-0.39, 0.29) is 23.7 Å². The SMILES string of the molecule is COCC(=O)N=S(C)(=O)c1ccccc1-c1ccc(C(=O)Nc2ccc(Cl)cc2C(=O)Nc2ccc(Cl)cn2)cc1. The highest BCUT2D eigenvalue weighted by Crippen LogP contribution is 2.29. The molecule has 12 heteroatoms. The van der Waals surface area contributed by atoms with Gasteiger partial charge < -0.3 is 15.4 Å². The number of aromatic nitrogens is 1. The number of pyridine rings is 1. The van der Waals surface area contributed by atoms with Crippen molar-refractivity contribution in [1.29, 1.82) is 0 Å². The minimum Gasteiger partial charge on any atom is -0.375 e. The minimum atomic E-state index is -3.06. The van der Waals surface area contributed by atoms with E-state index in [9.17, 15) is 18.6 Å². The molecule has 0 saturated heterocycles. The van der Waals surface area contributed by atoms with E-state index < -0.39 is 27.5 Å². The average Bonchev–Trinajstić information content (AvgIpc) is 2.95. The Morgan fingerprint density at radius 1 is 0.902 bits per heavy atom. The van der Waals surface area contributed by atoms with Crippen LogP contribution in [0.15, 0.2) is 94.3 Å². The van der Waals surface area contributed by atoms with Gasteiger partial charge in [-0.2, -0.15) is 4.36 Å². The number of amides is 3. The third-order valence-corrected chi connectivity index (χ3v) is 7.92. The molecule has 1 aromatic heterocycles. The van der Waals surface area contributed by atoms with E-state index in [0.29, 0.717) is 31.6 Å². The molecule has 9 nitrogen and oxygen atoms in total. The quantitative estimate of drug-likeness (QED) is 0.245. The van der Waals surface area contributed by atoms with Crippen molar-refractivity contribution in [1.82, 2.24) is 4.98 Å². The third kappa shape index (κ3) is 7.56. The van der Waals surface area contributed by atoms with Crippen LogP contribution in [0.1, 0.15) is 20.7 Å². The van der Waals surface area contributed by atoms with Crippen molar-refractivity contribution in [3.8, 4) is 11.1 Å². The molecule has 0 saturated carbocycles. The second-order valence-electron chi connectivity index (χ2n) is 8.75. The van der Waals surface area contributed by atoms with Crippen LogP contribution in [0.5, 0.6) is 0 Å². The van der Waals surface area contributed by atoms with Gasteiger partial charge in [-0.15, -0.1) is 0 Å². The topological polar surface area (TPSA) is 127 Å². The maximum absolute atomic E-state index is 13.3. The Hall–Kier alpha value is -4.09. The Balaban J connectivity index is 1.57. The Morgan fingerprint density at radius 3 is 2.29 bits per heavy atom. The van der Waals surface area contributed by atoms with Crippen LogP contribution in [0.3, 0.4) is 0 Å². The van der Waals surface area contributed by atoms with Crippen LogP contribution in [-0.2, 0) is 19.3 Å². The third-order valence-electron chi connectivity index (χ3n) is 5.74. The molecule has 0 aliphatic heterocycles. The van der Waals surface area contributed by atoms with E-state index in [1.165, 1.54) is 31.7 Å². The highest BCUT2D eigenvalue weighted by atomic mass is 35.5. The lowest BCUT2D eigenvalue weighted by atomic mass is 10.0. The smallest absolute Gasteiger partial charge is 0.279 e. The van der Waals surface area contributed by atoms with Crippen molar-refractivity contribution < 1.29 is 23.3 Å². The number of nitrogens with zero attached hydrogens (tertiary/aromatic N) is 2. The molecular weight excluding hydrogens is 587 g/mol. The van der Waals surface area contributed by atoms with Gasteiger partial charge >= 0.3 is 0 Å². The molecule has 0 aliphatic rings. The first-order chi connectivity index (χ1) is 19.6. The fraction of sp³-hybridized carbons (Fsp3) is 0.103. The van der Waals surface area contributed by atoms with Gasteiger partial charge in [-0.3, -0.25) is 14.4 Å². The summed E-state index contributed by atoms with van der Waals surface area (Å²) in [6.07, 6.45) is 2.79. The zero-order valence-electron chi connectivity index (χ0n) is 21.9. The average molecular weight is 612 g/mol. The van der Waals surface area contributed by atoms with Gasteiger partial charge in [0.2, 0.25) is 0 Å². The summed E-state index contributed by atoms with van der Waals surface area (Å²) >= 11 is 12.0. The molecule has 4 rings (SSSR count). The van der Waals surface area contributed by atoms with Crippen molar-refractivity contribution in [3.63, 3.8) is 0 Å². The van der Waals surface area contributed by atoms with Gasteiger partial charge in [0, 0.05) is 30.1 Å². The summed E-state index contributed by atoms with van der Waals surface area (Å²) in [6.45, 7) is -0.272. The lowest BCUT2D eigenvalue weighted by Gasteiger charge is -2.13. The van der Waals surface area contributed by atoms with Crippen molar-refractivity contribution in [2.45, 2.75) is 4.90 Å². The van der Waals surface area contributed by atoms with Gasteiger partial charge in [-0.25, -0.2) is 9.19 Å². The van der Waals surface area contributed by atoms with Crippen molar-refractivity contribution >= 4 is 62.2 Å². The lowest BCUT2D eigenvalue weighted by molar-refractivity contribution is -0.121. The van der Waals surface area contributed by atoms with Gasteiger partial charge in [-0.05, 0) is 59.7 Å². The lowest BCUT2D eigenvalue weighted by Crippen LogP contribution is -2.18. The van der Waals surface area contributed by atoms with E-state index in [1.807, 2.05) is 0 Å². The fourth-order valence-electron chi connectivity index (χ4n) is 3.87. The van der Waals surface area contributed by atoms with Crippen molar-refractivity contribution in [2.24, 2.45) is 4.36 Å². The summed E-state index contributed by atoms with van der Waals surface area (Å²) in [4.78, 5) is 42.5. The number of hydrogen-bond donors (Lipinski definition) is 2. The molecule has 2 N–H and O–H groups in total. The number of rotatable bonds is 8. The predicted octanol–water partition coefficient (Wildman–Crippen LogP) is 6.19. The molecule has 3 aromatic carbocycles.